The maximum Gasteiger partial charge on any atom is 0.220 e. The zero-order valence-electron chi connectivity index (χ0n) is 17.1. The lowest BCUT2D eigenvalue weighted by molar-refractivity contribution is -0.124. The lowest BCUT2D eigenvalue weighted by atomic mass is 9.89. The number of fused-ring (bicyclic) bond motifs is 1. The minimum absolute atomic E-state index is 0.215. The molecule has 3 aliphatic heterocycles. The van der Waals surface area contributed by atoms with Gasteiger partial charge in [-0.05, 0) is 31.4 Å². The first-order valence-corrected chi connectivity index (χ1v) is 10.8. The van der Waals surface area contributed by atoms with Crippen molar-refractivity contribution in [3.63, 3.8) is 0 Å². The van der Waals surface area contributed by atoms with Crippen molar-refractivity contribution in [3.05, 3.63) is 29.8 Å². The zero-order chi connectivity index (χ0) is 19.3. The van der Waals surface area contributed by atoms with Gasteiger partial charge in [0.05, 0.1) is 6.61 Å². The van der Waals surface area contributed by atoms with Crippen LogP contribution in [0.3, 0.4) is 0 Å². The summed E-state index contributed by atoms with van der Waals surface area (Å²) in [6, 6.07) is 8.44. The molecule has 6 nitrogen and oxygen atoms in total. The third-order valence-corrected chi connectivity index (χ3v) is 6.50. The van der Waals surface area contributed by atoms with Gasteiger partial charge >= 0.3 is 0 Å². The van der Waals surface area contributed by atoms with E-state index in [4.69, 9.17) is 4.74 Å². The van der Waals surface area contributed by atoms with E-state index in [0.29, 0.717) is 18.3 Å². The Morgan fingerprint density at radius 3 is 2.71 bits per heavy atom. The fourth-order valence-electron chi connectivity index (χ4n) is 4.74. The molecule has 3 heterocycles. The Labute approximate surface area is 168 Å². The third-order valence-electron chi connectivity index (χ3n) is 6.50. The largest absolute Gasteiger partial charge is 0.493 e. The lowest BCUT2D eigenvalue weighted by Crippen LogP contribution is -2.44. The van der Waals surface area contributed by atoms with Gasteiger partial charge in [0.1, 0.15) is 5.75 Å². The molecule has 6 heteroatoms. The SMILES string of the molecule is CN1CCN(CCCOc2ccccc2CN2C[C@H]3CC(=O)NC[C@H]3C2)CC1. The quantitative estimate of drug-likeness (QED) is 0.716. The molecule has 154 valence electrons. The van der Waals surface area contributed by atoms with Crippen LogP contribution in [0.25, 0.3) is 0 Å². The highest BCUT2D eigenvalue weighted by Gasteiger charge is 2.37. The molecule has 0 aromatic heterocycles. The van der Waals surface area contributed by atoms with Gasteiger partial charge < -0.3 is 19.9 Å². The summed E-state index contributed by atoms with van der Waals surface area (Å²) in [5.74, 6) is 2.36. The van der Waals surface area contributed by atoms with Crippen LogP contribution < -0.4 is 10.1 Å². The Morgan fingerprint density at radius 1 is 1.07 bits per heavy atom. The van der Waals surface area contributed by atoms with Crippen LogP contribution in [0.2, 0.25) is 0 Å². The highest BCUT2D eigenvalue weighted by atomic mass is 16.5. The van der Waals surface area contributed by atoms with E-state index in [1.54, 1.807) is 0 Å². The number of likely N-dealkylation sites (N-methyl/N-ethyl adjacent to an activating group) is 1. The number of hydrogen-bond acceptors (Lipinski definition) is 5. The number of hydrogen-bond donors (Lipinski definition) is 1. The third kappa shape index (κ3) is 5.04. The van der Waals surface area contributed by atoms with Crippen LogP contribution in [0.4, 0.5) is 0 Å². The molecule has 4 rings (SSSR count). The number of ether oxygens (including phenoxy) is 1. The number of rotatable bonds is 7. The van der Waals surface area contributed by atoms with E-state index < -0.39 is 0 Å². The normalized spacial score (nSPS) is 26.8. The molecule has 0 bridgehead atoms. The Bertz CT molecular complexity index is 660. The topological polar surface area (TPSA) is 48.1 Å². The minimum Gasteiger partial charge on any atom is -0.493 e. The van der Waals surface area contributed by atoms with E-state index in [1.807, 2.05) is 0 Å². The van der Waals surface area contributed by atoms with E-state index in [0.717, 1.165) is 51.5 Å². The molecule has 1 amide bonds. The Balaban J connectivity index is 1.24. The van der Waals surface area contributed by atoms with Crippen molar-refractivity contribution in [2.45, 2.75) is 19.4 Å². The van der Waals surface area contributed by atoms with Gasteiger partial charge in [0.25, 0.3) is 0 Å². The van der Waals surface area contributed by atoms with E-state index in [2.05, 4.69) is 51.3 Å². The second-order valence-corrected chi connectivity index (χ2v) is 8.68. The Morgan fingerprint density at radius 2 is 1.86 bits per heavy atom. The summed E-state index contributed by atoms with van der Waals surface area (Å²) in [5, 5.41) is 3.02. The Hall–Kier alpha value is -1.63. The molecule has 0 spiro atoms. The predicted octanol–water partition coefficient (Wildman–Crippen LogP) is 1.27. The summed E-state index contributed by atoms with van der Waals surface area (Å²) in [7, 11) is 2.20. The number of amides is 1. The van der Waals surface area contributed by atoms with E-state index >= 15 is 0 Å². The fraction of sp³-hybridized carbons (Fsp3) is 0.682. The van der Waals surface area contributed by atoms with Crippen molar-refractivity contribution in [1.82, 2.24) is 20.0 Å². The van der Waals surface area contributed by atoms with Crippen LogP contribution in [0.15, 0.2) is 24.3 Å². The van der Waals surface area contributed by atoms with Gasteiger partial charge in [-0.15, -0.1) is 0 Å². The maximum atomic E-state index is 11.6. The molecule has 1 N–H and O–H groups in total. The molecule has 3 fully saturated rings. The van der Waals surface area contributed by atoms with Crippen molar-refractivity contribution in [3.8, 4) is 5.75 Å². The molecule has 0 aliphatic carbocycles. The van der Waals surface area contributed by atoms with Gasteiger partial charge in [0.2, 0.25) is 5.91 Å². The number of nitrogens with zero attached hydrogens (tertiary/aromatic N) is 3. The number of nitrogens with one attached hydrogen (secondary N) is 1. The van der Waals surface area contributed by atoms with Gasteiger partial charge in [0.15, 0.2) is 0 Å². The smallest absolute Gasteiger partial charge is 0.220 e. The zero-order valence-corrected chi connectivity index (χ0v) is 17.1. The van der Waals surface area contributed by atoms with E-state index in [9.17, 15) is 4.79 Å². The molecule has 3 aliphatic rings. The maximum absolute atomic E-state index is 11.6. The monoisotopic (exact) mass is 386 g/mol. The van der Waals surface area contributed by atoms with Gasteiger partial charge in [-0.25, -0.2) is 0 Å². The number of piperidine rings is 1. The molecule has 3 saturated heterocycles. The number of carbonyl (C=O) groups excluding carboxylic acids is 1. The minimum atomic E-state index is 0.215. The average Bonchev–Trinajstić information content (AvgIpc) is 3.09. The van der Waals surface area contributed by atoms with Gasteiger partial charge in [-0.3, -0.25) is 9.69 Å². The molecular formula is C22H34N4O2. The number of benzene rings is 1. The van der Waals surface area contributed by atoms with Crippen LogP contribution in [-0.2, 0) is 11.3 Å². The fourth-order valence-corrected chi connectivity index (χ4v) is 4.74. The Kier molecular flexibility index (Phi) is 6.50. The average molecular weight is 387 g/mol. The molecule has 1 aromatic carbocycles. The van der Waals surface area contributed by atoms with Gasteiger partial charge in [-0.2, -0.15) is 0 Å². The predicted molar refractivity (Wildman–Crippen MR) is 110 cm³/mol. The van der Waals surface area contributed by atoms with Crippen LogP contribution in [0, 0.1) is 11.8 Å². The van der Waals surface area contributed by atoms with Crippen LogP contribution in [0.5, 0.6) is 5.75 Å². The van der Waals surface area contributed by atoms with E-state index in [-0.39, 0.29) is 5.91 Å². The molecular weight excluding hydrogens is 352 g/mol. The van der Waals surface area contributed by atoms with E-state index in [1.165, 1.54) is 31.7 Å². The van der Waals surface area contributed by atoms with Gasteiger partial charge in [0, 0.05) is 70.9 Å². The summed E-state index contributed by atoms with van der Waals surface area (Å²) in [5.41, 5.74) is 1.26. The molecule has 0 saturated carbocycles. The summed E-state index contributed by atoms with van der Waals surface area (Å²) in [6.45, 7) is 10.4. The summed E-state index contributed by atoms with van der Waals surface area (Å²) in [6.07, 6.45) is 1.76. The van der Waals surface area contributed by atoms with Crippen molar-refractivity contribution in [2.75, 3.05) is 66.0 Å². The van der Waals surface area contributed by atoms with Crippen molar-refractivity contribution >= 4 is 5.91 Å². The lowest BCUT2D eigenvalue weighted by Gasteiger charge is -2.32. The van der Waals surface area contributed by atoms with Crippen molar-refractivity contribution in [1.29, 1.82) is 0 Å². The van der Waals surface area contributed by atoms with Crippen molar-refractivity contribution in [2.24, 2.45) is 11.8 Å². The second-order valence-electron chi connectivity index (χ2n) is 8.68. The standard InChI is InChI=1S/C22H34N4O2/c1-24-8-10-25(11-9-24)7-4-12-28-21-6-3-2-5-18(21)15-26-16-19-13-22(27)23-14-20(19)17-26/h2-3,5-6,19-20H,4,7-17H2,1H3,(H,23,27)/t19-,20+/m1/s1. The molecule has 2 atom stereocenters. The first kappa shape index (κ1) is 19.7. The first-order valence-electron chi connectivity index (χ1n) is 10.8. The molecule has 28 heavy (non-hydrogen) atoms. The summed E-state index contributed by atoms with van der Waals surface area (Å²) in [4.78, 5) is 19.1. The molecule has 0 radical (unpaired) electrons. The number of para-hydroxylation sites is 1. The summed E-state index contributed by atoms with van der Waals surface area (Å²) < 4.78 is 6.17. The van der Waals surface area contributed by atoms with Crippen LogP contribution in [-0.4, -0.2) is 86.6 Å². The summed E-state index contributed by atoms with van der Waals surface area (Å²) >= 11 is 0. The molecule has 1 aromatic rings. The molecule has 0 unspecified atom stereocenters. The van der Waals surface area contributed by atoms with Gasteiger partial charge in [-0.1, -0.05) is 18.2 Å². The second kappa shape index (κ2) is 9.25. The van der Waals surface area contributed by atoms with Crippen LogP contribution >= 0.6 is 0 Å². The highest BCUT2D eigenvalue weighted by molar-refractivity contribution is 5.77. The van der Waals surface area contributed by atoms with Crippen molar-refractivity contribution < 1.29 is 9.53 Å². The van der Waals surface area contributed by atoms with Crippen LogP contribution in [0.1, 0.15) is 18.4 Å². The first-order chi connectivity index (χ1) is 13.7. The number of carbonyl (C=O) groups is 1. The number of piperazine rings is 1. The number of likely N-dealkylation sites (tertiary alicyclic amines) is 1. The highest BCUT2D eigenvalue weighted by Crippen LogP contribution is 2.31.